The molecule has 0 saturated heterocycles. The highest BCUT2D eigenvalue weighted by atomic mass is 32.2. The number of halogens is 1. The van der Waals surface area contributed by atoms with E-state index in [4.69, 9.17) is 0 Å². The quantitative estimate of drug-likeness (QED) is 0.931. The molecule has 1 aliphatic rings. The van der Waals surface area contributed by atoms with E-state index in [1.54, 1.807) is 0 Å². The summed E-state index contributed by atoms with van der Waals surface area (Å²) < 4.78 is 36.8. The average molecular weight is 300 g/mol. The molecule has 1 N–H and O–H groups in total. The van der Waals surface area contributed by atoms with Gasteiger partial charge in [-0.15, -0.1) is 0 Å². The minimum absolute atomic E-state index is 0.356. The van der Waals surface area contributed by atoms with E-state index in [0.717, 1.165) is 31.6 Å². The summed E-state index contributed by atoms with van der Waals surface area (Å²) in [5, 5.41) is 9.52. The predicted octanol–water partition coefficient (Wildman–Crippen LogP) is 2.52. The lowest BCUT2D eigenvalue weighted by molar-refractivity contribution is -0.145. The van der Waals surface area contributed by atoms with Crippen LogP contribution in [0.5, 0.6) is 0 Å². The first kappa shape index (κ1) is 15.0. The van der Waals surface area contributed by atoms with Crippen LogP contribution in [0.4, 0.5) is 4.39 Å². The van der Waals surface area contributed by atoms with Gasteiger partial charge in [0.15, 0.2) is 9.84 Å². The van der Waals surface area contributed by atoms with Gasteiger partial charge in [-0.25, -0.2) is 12.8 Å². The normalized spacial score (nSPS) is 18.7. The molecule has 20 heavy (non-hydrogen) atoms. The van der Waals surface area contributed by atoms with Gasteiger partial charge in [0, 0.05) is 6.26 Å². The fraction of sp³-hybridized carbons (Fsp3) is 0.500. The molecule has 0 aliphatic heterocycles. The largest absolute Gasteiger partial charge is 0.481 e. The SMILES string of the molecule is CS(=O)(=O)c1ccc(C2(C(=O)O)CCCCC2)cc1F. The van der Waals surface area contributed by atoms with E-state index in [0.29, 0.717) is 18.4 Å². The molecule has 2 rings (SSSR count). The highest BCUT2D eigenvalue weighted by Gasteiger charge is 2.41. The maximum Gasteiger partial charge on any atom is 0.314 e. The lowest BCUT2D eigenvalue weighted by Gasteiger charge is -2.33. The number of rotatable bonds is 3. The molecule has 1 aromatic carbocycles. The van der Waals surface area contributed by atoms with E-state index in [-0.39, 0.29) is 0 Å². The van der Waals surface area contributed by atoms with Crippen LogP contribution in [0.3, 0.4) is 0 Å². The zero-order valence-corrected chi connectivity index (χ0v) is 12.0. The molecule has 1 saturated carbocycles. The highest BCUT2D eigenvalue weighted by Crippen LogP contribution is 2.40. The first-order valence-electron chi connectivity index (χ1n) is 6.51. The maximum atomic E-state index is 14.0. The van der Waals surface area contributed by atoms with Gasteiger partial charge in [-0.1, -0.05) is 25.3 Å². The third kappa shape index (κ3) is 2.57. The Morgan fingerprint density at radius 3 is 2.30 bits per heavy atom. The molecule has 0 spiro atoms. The van der Waals surface area contributed by atoms with Crippen LogP contribution >= 0.6 is 0 Å². The van der Waals surface area contributed by atoms with Gasteiger partial charge in [0.25, 0.3) is 0 Å². The Morgan fingerprint density at radius 2 is 1.85 bits per heavy atom. The Hall–Kier alpha value is -1.43. The van der Waals surface area contributed by atoms with Crippen LogP contribution in [0.2, 0.25) is 0 Å². The molecular formula is C14H17FO4S. The van der Waals surface area contributed by atoms with Crippen LogP contribution in [-0.4, -0.2) is 25.7 Å². The molecule has 0 amide bonds. The smallest absolute Gasteiger partial charge is 0.314 e. The Bertz CT molecular complexity index is 631. The topological polar surface area (TPSA) is 71.4 Å². The number of carboxylic acids is 1. The molecule has 1 aliphatic carbocycles. The van der Waals surface area contributed by atoms with Gasteiger partial charge in [-0.3, -0.25) is 4.79 Å². The van der Waals surface area contributed by atoms with Crippen LogP contribution in [-0.2, 0) is 20.0 Å². The molecule has 0 heterocycles. The lowest BCUT2D eigenvalue weighted by atomic mass is 9.69. The lowest BCUT2D eigenvalue weighted by Crippen LogP contribution is -2.38. The van der Waals surface area contributed by atoms with E-state index in [2.05, 4.69) is 0 Å². The number of carboxylic acid groups (broad SMARTS) is 1. The summed E-state index contributed by atoms with van der Waals surface area (Å²) in [6.45, 7) is 0. The molecular weight excluding hydrogens is 283 g/mol. The number of hydrogen-bond acceptors (Lipinski definition) is 3. The third-order valence-corrected chi connectivity index (χ3v) is 5.13. The Kier molecular flexibility index (Phi) is 3.86. The number of hydrogen-bond donors (Lipinski definition) is 1. The van der Waals surface area contributed by atoms with E-state index in [1.807, 2.05) is 0 Å². The van der Waals surface area contributed by atoms with Gasteiger partial charge in [0.05, 0.1) is 5.41 Å². The van der Waals surface area contributed by atoms with Crippen LogP contribution < -0.4 is 0 Å². The number of sulfone groups is 1. The molecule has 6 heteroatoms. The fourth-order valence-electron chi connectivity index (χ4n) is 2.88. The van der Waals surface area contributed by atoms with E-state index < -0.39 is 31.9 Å². The van der Waals surface area contributed by atoms with Gasteiger partial charge >= 0.3 is 5.97 Å². The second-order valence-electron chi connectivity index (χ2n) is 5.37. The maximum absolute atomic E-state index is 14.0. The first-order valence-corrected chi connectivity index (χ1v) is 8.40. The van der Waals surface area contributed by atoms with Crippen molar-refractivity contribution in [3.05, 3.63) is 29.6 Å². The molecule has 0 atom stereocenters. The molecule has 0 bridgehead atoms. The van der Waals surface area contributed by atoms with Crippen LogP contribution in [0.1, 0.15) is 37.7 Å². The molecule has 4 nitrogen and oxygen atoms in total. The number of benzene rings is 1. The molecule has 1 aromatic rings. The van der Waals surface area contributed by atoms with Crippen molar-refractivity contribution in [1.29, 1.82) is 0 Å². The summed E-state index contributed by atoms with van der Waals surface area (Å²) in [5.74, 6) is -1.85. The van der Waals surface area contributed by atoms with Crippen molar-refractivity contribution >= 4 is 15.8 Å². The second kappa shape index (κ2) is 5.16. The zero-order chi connectivity index (χ0) is 15.0. The number of aliphatic carboxylic acids is 1. The fourth-order valence-corrected chi connectivity index (χ4v) is 3.61. The summed E-state index contributed by atoms with van der Waals surface area (Å²) in [7, 11) is -3.64. The van der Waals surface area contributed by atoms with Crippen molar-refractivity contribution in [2.45, 2.75) is 42.4 Å². The average Bonchev–Trinajstić information content (AvgIpc) is 2.37. The van der Waals surface area contributed by atoms with Crippen molar-refractivity contribution in [3.63, 3.8) is 0 Å². The van der Waals surface area contributed by atoms with Crippen LogP contribution in [0.15, 0.2) is 23.1 Å². The van der Waals surface area contributed by atoms with Crippen molar-refractivity contribution in [3.8, 4) is 0 Å². The summed E-state index contributed by atoms with van der Waals surface area (Å²) in [4.78, 5) is 11.2. The van der Waals surface area contributed by atoms with Crippen molar-refractivity contribution in [2.24, 2.45) is 0 Å². The highest BCUT2D eigenvalue weighted by molar-refractivity contribution is 7.90. The summed E-state index contributed by atoms with van der Waals surface area (Å²) in [6, 6.07) is 3.66. The van der Waals surface area contributed by atoms with Crippen molar-refractivity contribution in [2.75, 3.05) is 6.26 Å². The molecule has 1 fully saturated rings. The standard InChI is InChI=1S/C14H17FO4S/c1-20(18,19)12-6-5-10(9-11(12)15)14(13(16)17)7-3-2-4-8-14/h5-6,9H,2-4,7-8H2,1H3,(H,16,17). The summed E-state index contributed by atoms with van der Waals surface area (Å²) in [5.41, 5.74) is -0.732. The van der Waals surface area contributed by atoms with Crippen molar-refractivity contribution < 1.29 is 22.7 Å². The minimum atomic E-state index is -3.64. The van der Waals surface area contributed by atoms with E-state index in [9.17, 15) is 22.7 Å². The summed E-state index contributed by atoms with van der Waals surface area (Å²) in [6.07, 6.45) is 4.38. The zero-order valence-electron chi connectivity index (χ0n) is 11.2. The van der Waals surface area contributed by atoms with Gasteiger partial charge in [-0.2, -0.15) is 0 Å². The number of carbonyl (C=O) groups is 1. The molecule has 0 radical (unpaired) electrons. The Morgan fingerprint density at radius 1 is 1.25 bits per heavy atom. The van der Waals surface area contributed by atoms with E-state index in [1.165, 1.54) is 12.1 Å². The Balaban J connectivity index is 2.51. The van der Waals surface area contributed by atoms with Crippen LogP contribution in [0.25, 0.3) is 0 Å². The van der Waals surface area contributed by atoms with Gasteiger partial charge in [0.2, 0.25) is 0 Å². The molecule has 0 unspecified atom stereocenters. The second-order valence-corrected chi connectivity index (χ2v) is 7.35. The van der Waals surface area contributed by atoms with Gasteiger partial charge in [-0.05, 0) is 30.5 Å². The van der Waals surface area contributed by atoms with Crippen molar-refractivity contribution in [1.82, 2.24) is 0 Å². The first-order chi connectivity index (χ1) is 9.27. The minimum Gasteiger partial charge on any atom is -0.481 e. The third-order valence-electron chi connectivity index (χ3n) is 4.00. The molecule has 0 aromatic heterocycles. The predicted molar refractivity (Wildman–Crippen MR) is 71.9 cm³/mol. The van der Waals surface area contributed by atoms with E-state index >= 15 is 0 Å². The monoisotopic (exact) mass is 300 g/mol. The van der Waals surface area contributed by atoms with Gasteiger partial charge in [0.1, 0.15) is 10.7 Å². The Labute approximate surface area is 117 Å². The summed E-state index contributed by atoms with van der Waals surface area (Å²) >= 11 is 0. The van der Waals surface area contributed by atoms with Crippen LogP contribution in [0, 0.1) is 5.82 Å². The van der Waals surface area contributed by atoms with Gasteiger partial charge < -0.3 is 5.11 Å². The molecule has 110 valence electrons.